The Labute approximate surface area is 182 Å². The lowest BCUT2D eigenvalue weighted by Crippen LogP contribution is -2.26. The van der Waals surface area contributed by atoms with Gasteiger partial charge >= 0.3 is 0 Å². The van der Waals surface area contributed by atoms with E-state index in [1.165, 1.54) is 6.07 Å². The lowest BCUT2D eigenvalue weighted by Gasteiger charge is -2.09. The van der Waals surface area contributed by atoms with Crippen LogP contribution in [-0.2, 0) is 6.54 Å². The van der Waals surface area contributed by atoms with Crippen LogP contribution >= 0.6 is 34.5 Å². The van der Waals surface area contributed by atoms with Crippen molar-refractivity contribution in [1.29, 1.82) is 0 Å². The van der Waals surface area contributed by atoms with Gasteiger partial charge in [-0.15, -0.1) is 11.3 Å². The highest BCUT2D eigenvalue weighted by Crippen LogP contribution is 2.28. The molecule has 0 spiro atoms. The van der Waals surface area contributed by atoms with Crippen molar-refractivity contribution in [2.45, 2.75) is 13.0 Å². The van der Waals surface area contributed by atoms with Gasteiger partial charge < -0.3 is 9.88 Å². The lowest BCUT2D eigenvalue weighted by atomic mass is 10.2. The molecule has 154 valence electrons. The van der Waals surface area contributed by atoms with Gasteiger partial charge in [0.25, 0.3) is 17.9 Å². The Morgan fingerprint density at radius 3 is 2.53 bits per heavy atom. The van der Waals surface area contributed by atoms with E-state index in [1.54, 1.807) is 24.3 Å². The van der Waals surface area contributed by atoms with Gasteiger partial charge in [-0.3, -0.25) is 9.59 Å². The van der Waals surface area contributed by atoms with Gasteiger partial charge in [-0.1, -0.05) is 35.0 Å². The first-order chi connectivity index (χ1) is 14.2. The summed E-state index contributed by atoms with van der Waals surface area (Å²) in [6.07, 6.45) is -1.91. The van der Waals surface area contributed by atoms with E-state index in [2.05, 4.69) is 17.2 Å². The molecule has 0 atom stereocenters. The summed E-state index contributed by atoms with van der Waals surface area (Å²) in [5, 5.41) is 2.94. The molecule has 0 aliphatic heterocycles. The van der Waals surface area contributed by atoms with Gasteiger partial charge in [0.2, 0.25) is 0 Å². The predicted octanol–water partition coefficient (Wildman–Crippen LogP) is 5.27. The first-order valence-electron chi connectivity index (χ1n) is 8.29. The molecule has 10 heteroatoms. The number of benzene rings is 1. The molecule has 1 amide bonds. The highest BCUT2D eigenvalue weighted by Gasteiger charge is 2.16. The number of anilines is 1. The molecule has 4 nitrogen and oxygen atoms in total. The van der Waals surface area contributed by atoms with Crippen LogP contribution in [0, 0.1) is 17.7 Å². The summed E-state index contributed by atoms with van der Waals surface area (Å²) in [4.78, 5) is 24.2. The van der Waals surface area contributed by atoms with Gasteiger partial charge in [0.05, 0.1) is 22.7 Å². The van der Waals surface area contributed by atoms with Gasteiger partial charge in [0.1, 0.15) is 4.34 Å². The third kappa shape index (κ3) is 5.45. The van der Waals surface area contributed by atoms with Crippen LogP contribution in [0.25, 0.3) is 0 Å². The van der Waals surface area contributed by atoms with Crippen LogP contribution in [0.4, 0.5) is 18.9 Å². The summed E-state index contributed by atoms with van der Waals surface area (Å²) in [5.41, 5.74) is -0.233. The summed E-state index contributed by atoms with van der Waals surface area (Å²) in [6.45, 7) is -0.991. The van der Waals surface area contributed by atoms with E-state index in [1.807, 2.05) is 0 Å². The fourth-order valence-electron chi connectivity index (χ4n) is 2.38. The molecule has 0 saturated heterocycles. The fraction of sp³-hybridized carbons (Fsp3) is 0.100. The fourth-order valence-corrected chi connectivity index (χ4v) is 3.59. The number of pyridine rings is 1. The summed E-state index contributed by atoms with van der Waals surface area (Å²) >= 11 is 12.9. The van der Waals surface area contributed by atoms with Crippen molar-refractivity contribution in [3.8, 4) is 11.8 Å². The van der Waals surface area contributed by atoms with Gasteiger partial charge in [-0.25, -0.2) is 13.2 Å². The molecule has 3 aromatic rings. The molecule has 0 aliphatic carbocycles. The zero-order valence-electron chi connectivity index (χ0n) is 14.9. The molecule has 30 heavy (non-hydrogen) atoms. The van der Waals surface area contributed by atoms with E-state index in [0.29, 0.717) is 20.7 Å². The van der Waals surface area contributed by atoms with E-state index < -0.39 is 30.3 Å². The maximum absolute atomic E-state index is 13.7. The SMILES string of the molecule is O=C(Nc1cc(F)c(=O)n(CC(F)F)c1)c1cc(C#Cc2ccc(Cl)cc2)c(Cl)s1. The van der Waals surface area contributed by atoms with Gasteiger partial charge in [-0.05, 0) is 30.3 Å². The second-order valence-electron chi connectivity index (χ2n) is 5.93. The minimum absolute atomic E-state index is 0.143. The van der Waals surface area contributed by atoms with Crippen molar-refractivity contribution >= 4 is 46.1 Å². The van der Waals surface area contributed by atoms with E-state index in [-0.39, 0.29) is 14.9 Å². The number of nitrogens with zero attached hydrogens (tertiary/aromatic N) is 1. The number of hydrogen-bond donors (Lipinski definition) is 1. The minimum atomic E-state index is -2.86. The van der Waals surface area contributed by atoms with Crippen LogP contribution in [0.2, 0.25) is 9.36 Å². The molecular weight excluding hydrogens is 460 g/mol. The molecule has 2 heterocycles. The molecule has 0 saturated carbocycles. The monoisotopic (exact) mass is 470 g/mol. The molecule has 0 bridgehead atoms. The first kappa shape index (κ1) is 22.0. The van der Waals surface area contributed by atoms with E-state index in [9.17, 15) is 22.8 Å². The van der Waals surface area contributed by atoms with Crippen molar-refractivity contribution in [2.24, 2.45) is 0 Å². The summed E-state index contributed by atoms with van der Waals surface area (Å²) in [7, 11) is 0. The Morgan fingerprint density at radius 1 is 1.17 bits per heavy atom. The third-order valence-electron chi connectivity index (χ3n) is 3.73. The van der Waals surface area contributed by atoms with Crippen LogP contribution in [0.3, 0.4) is 0 Å². The van der Waals surface area contributed by atoms with Gasteiger partial charge in [-0.2, -0.15) is 0 Å². The van der Waals surface area contributed by atoms with Crippen molar-refractivity contribution in [1.82, 2.24) is 4.57 Å². The van der Waals surface area contributed by atoms with Crippen LogP contribution in [0.15, 0.2) is 47.4 Å². The number of aromatic nitrogens is 1. The Morgan fingerprint density at radius 2 is 1.87 bits per heavy atom. The maximum atomic E-state index is 13.7. The van der Waals surface area contributed by atoms with Crippen molar-refractivity contribution in [3.63, 3.8) is 0 Å². The quantitative estimate of drug-likeness (QED) is 0.527. The third-order valence-corrected chi connectivity index (χ3v) is 5.34. The summed E-state index contributed by atoms with van der Waals surface area (Å²) in [6, 6.07) is 9.05. The topological polar surface area (TPSA) is 51.1 Å². The number of rotatable bonds is 4. The van der Waals surface area contributed by atoms with E-state index >= 15 is 0 Å². The van der Waals surface area contributed by atoms with Crippen LogP contribution in [-0.4, -0.2) is 16.9 Å². The van der Waals surface area contributed by atoms with Crippen molar-refractivity contribution in [2.75, 3.05) is 5.32 Å². The lowest BCUT2D eigenvalue weighted by molar-refractivity contribution is 0.103. The number of amides is 1. The normalized spacial score (nSPS) is 10.6. The number of halogens is 5. The second-order valence-corrected chi connectivity index (χ2v) is 8.03. The van der Waals surface area contributed by atoms with Gasteiger partial charge in [0.15, 0.2) is 5.82 Å². The number of carbonyl (C=O) groups excluding carboxylic acids is 1. The molecule has 1 aromatic carbocycles. The predicted molar refractivity (Wildman–Crippen MR) is 111 cm³/mol. The highest BCUT2D eigenvalue weighted by atomic mass is 35.5. The van der Waals surface area contributed by atoms with Crippen LogP contribution in [0.1, 0.15) is 20.8 Å². The number of alkyl halides is 2. The van der Waals surface area contributed by atoms with E-state index in [0.717, 1.165) is 23.6 Å². The largest absolute Gasteiger partial charge is 0.320 e. The number of nitrogens with one attached hydrogen (secondary N) is 1. The smallest absolute Gasteiger partial charge is 0.286 e. The van der Waals surface area contributed by atoms with Crippen LogP contribution < -0.4 is 10.9 Å². The summed E-state index contributed by atoms with van der Waals surface area (Å²) in [5.74, 6) is 3.84. The average molecular weight is 471 g/mol. The molecule has 0 fully saturated rings. The molecule has 0 unspecified atom stereocenters. The van der Waals surface area contributed by atoms with Gasteiger partial charge in [0, 0.05) is 22.8 Å². The number of carbonyl (C=O) groups is 1. The summed E-state index contributed by atoms with van der Waals surface area (Å²) < 4.78 is 39.6. The second kappa shape index (κ2) is 9.39. The van der Waals surface area contributed by atoms with Crippen LogP contribution in [0.5, 0.6) is 0 Å². The molecule has 0 radical (unpaired) electrons. The van der Waals surface area contributed by atoms with Crippen molar-refractivity contribution in [3.05, 3.63) is 84.1 Å². The Hall–Kier alpha value is -2.73. The highest BCUT2D eigenvalue weighted by molar-refractivity contribution is 7.18. The maximum Gasteiger partial charge on any atom is 0.286 e. The first-order valence-corrected chi connectivity index (χ1v) is 9.86. The number of hydrogen-bond acceptors (Lipinski definition) is 3. The Kier molecular flexibility index (Phi) is 6.87. The number of thiophene rings is 1. The molecule has 0 aliphatic rings. The minimum Gasteiger partial charge on any atom is -0.320 e. The standard InChI is InChI=1S/C20H11Cl2F3N2O2S/c21-13-5-2-11(3-6-13)1-4-12-7-16(30-18(12)22)19(28)26-14-8-15(23)20(29)27(9-14)10-17(24)25/h2-3,5-9,17H,10H2,(H,26,28). The zero-order valence-corrected chi connectivity index (χ0v) is 17.2. The molecule has 3 rings (SSSR count). The molecular formula is C20H11Cl2F3N2O2S. The Balaban J connectivity index is 1.80. The molecule has 1 N–H and O–H groups in total. The molecule has 2 aromatic heterocycles. The Bertz CT molecular complexity index is 1210. The van der Waals surface area contributed by atoms with Crippen molar-refractivity contribution < 1.29 is 18.0 Å². The average Bonchev–Trinajstić information content (AvgIpc) is 3.06. The van der Waals surface area contributed by atoms with E-state index in [4.69, 9.17) is 23.2 Å². The zero-order chi connectivity index (χ0) is 21.8.